The molecule has 1 aliphatic rings. The number of carbonyl (C=O) groups excluding carboxylic acids is 1. The first-order valence-electron chi connectivity index (χ1n) is 7.02. The largest absolute Gasteiger partial charge is 0.361 e. The van der Waals surface area contributed by atoms with E-state index >= 15 is 0 Å². The quantitative estimate of drug-likeness (QED) is 0.905. The zero-order chi connectivity index (χ0) is 14.0. The first-order valence-corrected chi connectivity index (χ1v) is 7.02. The molecule has 2 unspecified atom stereocenters. The van der Waals surface area contributed by atoms with Crippen LogP contribution in [0.4, 0.5) is 0 Å². The average Bonchev–Trinajstić information content (AvgIpc) is 2.76. The van der Waals surface area contributed by atoms with E-state index in [2.05, 4.69) is 12.1 Å². The maximum absolute atomic E-state index is 12.6. The molecule has 2 heterocycles. The Morgan fingerprint density at radius 1 is 1.53 bits per heavy atom. The molecular formula is C14H23N3O2. The summed E-state index contributed by atoms with van der Waals surface area (Å²) < 4.78 is 5.09. The highest BCUT2D eigenvalue weighted by molar-refractivity contribution is 5.96. The maximum atomic E-state index is 12.6. The molecule has 1 aliphatic heterocycles. The molecule has 106 valence electrons. The molecule has 1 aromatic rings. The Hall–Kier alpha value is -1.36. The molecule has 5 nitrogen and oxygen atoms in total. The van der Waals surface area contributed by atoms with E-state index in [-0.39, 0.29) is 11.9 Å². The van der Waals surface area contributed by atoms with E-state index in [1.807, 2.05) is 4.90 Å². The van der Waals surface area contributed by atoms with Crippen molar-refractivity contribution in [2.75, 3.05) is 13.1 Å². The van der Waals surface area contributed by atoms with Crippen molar-refractivity contribution >= 4 is 5.91 Å². The van der Waals surface area contributed by atoms with Crippen LogP contribution in [0, 0.1) is 19.8 Å². The summed E-state index contributed by atoms with van der Waals surface area (Å²) in [5, 5.41) is 3.86. The van der Waals surface area contributed by atoms with Crippen LogP contribution in [0.2, 0.25) is 0 Å². The SMILES string of the molecule is CCC1CCN(C(=O)c2c(C)noc2C)C(CN)C1. The number of aromatic nitrogens is 1. The lowest BCUT2D eigenvalue weighted by atomic mass is 9.88. The van der Waals surface area contributed by atoms with Gasteiger partial charge in [-0.2, -0.15) is 0 Å². The van der Waals surface area contributed by atoms with Crippen LogP contribution in [0.3, 0.4) is 0 Å². The topological polar surface area (TPSA) is 72.4 Å². The summed E-state index contributed by atoms with van der Waals surface area (Å²) in [4.78, 5) is 14.5. The second-order valence-electron chi connectivity index (χ2n) is 5.39. The molecule has 0 spiro atoms. The molecule has 5 heteroatoms. The van der Waals surface area contributed by atoms with Gasteiger partial charge in [-0.1, -0.05) is 18.5 Å². The molecule has 2 N–H and O–H groups in total. The third-order valence-electron chi connectivity index (χ3n) is 4.18. The van der Waals surface area contributed by atoms with Crippen LogP contribution in [-0.4, -0.2) is 35.1 Å². The number of likely N-dealkylation sites (tertiary alicyclic amines) is 1. The number of nitrogens with zero attached hydrogens (tertiary/aromatic N) is 2. The van der Waals surface area contributed by atoms with Gasteiger partial charge in [-0.05, 0) is 32.6 Å². The zero-order valence-electron chi connectivity index (χ0n) is 12.0. The Morgan fingerprint density at radius 3 is 2.79 bits per heavy atom. The van der Waals surface area contributed by atoms with Crippen molar-refractivity contribution in [1.29, 1.82) is 0 Å². The summed E-state index contributed by atoms with van der Waals surface area (Å²) in [5.74, 6) is 1.29. The zero-order valence-corrected chi connectivity index (χ0v) is 12.0. The van der Waals surface area contributed by atoms with Gasteiger partial charge < -0.3 is 15.2 Å². The molecule has 0 aliphatic carbocycles. The lowest BCUT2D eigenvalue weighted by Gasteiger charge is -2.38. The number of rotatable bonds is 3. The van der Waals surface area contributed by atoms with Gasteiger partial charge in [-0.15, -0.1) is 0 Å². The fraction of sp³-hybridized carbons (Fsp3) is 0.714. The monoisotopic (exact) mass is 265 g/mol. The fourth-order valence-corrected chi connectivity index (χ4v) is 2.93. The summed E-state index contributed by atoms with van der Waals surface area (Å²) in [6.45, 7) is 7.09. The Bertz CT molecular complexity index is 436. The summed E-state index contributed by atoms with van der Waals surface area (Å²) in [6.07, 6.45) is 3.22. The van der Waals surface area contributed by atoms with E-state index < -0.39 is 0 Å². The van der Waals surface area contributed by atoms with Crippen molar-refractivity contribution in [3.05, 3.63) is 17.0 Å². The lowest BCUT2D eigenvalue weighted by Crippen LogP contribution is -2.49. The molecule has 2 rings (SSSR count). The van der Waals surface area contributed by atoms with E-state index in [4.69, 9.17) is 10.3 Å². The van der Waals surface area contributed by atoms with Crippen molar-refractivity contribution in [2.24, 2.45) is 11.7 Å². The normalized spacial score (nSPS) is 23.7. The first-order chi connectivity index (χ1) is 9.08. The van der Waals surface area contributed by atoms with E-state index in [0.717, 1.165) is 25.8 Å². The number of piperidine rings is 1. The van der Waals surface area contributed by atoms with Crippen molar-refractivity contribution in [1.82, 2.24) is 10.1 Å². The molecule has 0 bridgehead atoms. The Kier molecular flexibility index (Phi) is 4.24. The molecule has 1 saturated heterocycles. The van der Waals surface area contributed by atoms with Gasteiger partial charge in [0.25, 0.3) is 5.91 Å². The van der Waals surface area contributed by atoms with Gasteiger partial charge in [-0.25, -0.2) is 0 Å². The van der Waals surface area contributed by atoms with E-state index in [1.165, 1.54) is 0 Å². The smallest absolute Gasteiger partial charge is 0.259 e. The number of hydrogen-bond acceptors (Lipinski definition) is 4. The molecule has 0 radical (unpaired) electrons. The predicted molar refractivity (Wildman–Crippen MR) is 72.9 cm³/mol. The molecule has 1 aromatic heterocycles. The fourth-order valence-electron chi connectivity index (χ4n) is 2.93. The number of carbonyl (C=O) groups is 1. The molecular weight excluding hydrogens is 242 g/mol. The minimum absolute atomic E-state index is 0.0150. The highest BCUT2D eigenvalue weighted by atomic mass is 16.5. The van der Waals surface area contributed by atoms with Gasteiger partial charge in [-0.3, -0.25) is 4.79 Å². The highest BCUT2D eigenvalue weighted by Crippen LogP contribution is 2.27. The van der Waals surface area contributed by atoms with Gasteiger partial charge >= 0.3 is 0 Å². The second kappa shape index (κ2) is 5.74. The Balaban J connectivity index is 2.19. The minimum Gasteiger partial charge on any atom is -0.361 e. The molecule has 19 heavy (non-hydrogen) atoms. The summed E-state index contributed by atoms with van der Waals surface area (Å²) in [6, 6.07) is 0.139. The van der Waals surface area contributed by atoms with Gasteiger partial charge in [0, 0.05) is 19.1 Å². The second-order valence-corrected chi connectivity index (χ2v) is 5.39. The average molecular weight is 265 g/mol. The van der Waals surface area contributed by atoms with Crippen LogP contribution in [-0.2, 0) is 0 Å². The van der Waals surface area contributed by atoms with E-state index in [9.17, 15) is 4.79 Å². The first kappa shape index (κ1) is 14.1. The van der Waals surface area contributed by atoms with E-state index in [1.54, 1.807) is 13.8 Å². The maximum Gasteiger partial charge on any atom is 0.259 e. The summed E-state index contributed by atoms with van der Waals surface area (Å²) in [5.41, 5.74) is 7.11. The third kappa shape index (κ3) is 2.66. The van der Waals surface area contributed by atoms with Gasteiger partial charge in [0.2, 0.25) is 0 Å². The number of aryl methyl sites for hydroxylation is 2. The number of nitrogens with two attached hydrogens (primary N) is 1. The van der Waals surface area contributed by atoms with Crippen molar-refractivity contribution in [2.45, 2.75) is 46.1 Å². The van der Waals surface area contributed by atoms with Crippen LogP contribution in [0.25, 0.3) is 0 Å². The highest BCUT2D eigenvalue weighted by Gasteiger charge is 2.32. The standard InChI is InChI=1S/C14H23N3O2/c1-4-11-5-6-17(12(7-11)8-15)14(18)13-9(2)16-19-10(13)3/h11-12H,4-8,15H2,1-3H3. The van der Waals surface area contributed by atoms with Crippen LogP contribution in [0.15, 0.2) is 4.52 Å². The summed E-state index contributed by atoms with van der Waals surface area (Å²) in [7, 11) is 0. The predicted octanol–water partition coefficient (Wildman–Crippen LogP) is 1.88. The summed E-state index contributed by atoms with van der Waals surface area (Å²) >= 11 is 0. The van der Waals surface area contributed by atoms with Crippen LogP contribution < -0.4 is 5.73 Å². The molecule has 0 saturated carbocycles. The molecule has 0 aromatic carbocycles. The number of hydrogen-bond donors (Lipinski definition) is 1. The lowest BCUT2D eigenvalue weighted by molar-refractivity contribution is 0.0556. The Labute approximate surface area is 114 Å². The van der Waals surface area contributed by atoms with Gasteiger partial charge in [0.15, 0.2) is 0 Å². The number of amides is 1. The third-order valence-corrected chi connectivity index (χ3v) is 4.18. The van der Waals surface area contributed by atoms with E-state index in [0.29, 0.717) is 29.5 Å². The van der Waals surface area contributed by atoms with Crippen molar-refractivity contribution in [3.8, 4) is 0 Å². The minimum atomic E-state index is 0.0150. The van der Waals surface area contributed by atoms with Crippen LogP contribution >= 0.6 is 0 Å². The van der Waals surface area contributed by atoms with Gasteiger partial charge in [0.05, 0.1) is 5.69 Å². The van der Waals surface area contributed by atoms with Crippen LogP contribution in [0.1, 0.15) is 48.0 Å². The molecule has 1 fully saturated rings. The molecule has 1 amide bonds. The molecule has 2 atom stereocenters. The van der Waals surface area contributed by atoms with Crippen molar-refractivity contribution < 1.29 is 9.32 Å². The van der Waals surface area contributed by atoms with Crippen LogP contribution in [0.5, 0.6) is 0 Å². The Morgan fingerprint density at radius 2 is 2.26 bits per heavy atom. The van der Waals surface area contributed by atoms with Gasteiger partial charge in [0.1, 0.15) is 11.3 Å². The van der Waals surface area contributed by atoms with Crippen molar-refractivity contribution in [3.63, 3.8) is 0 Å².